The molecule has 0 saturated carbocycles. The van der Waals surface area contributed by atoms with E-state index >= 15 is 0 Å². The minimum absolute atomic E-state index is 0.0512. The number of hydrogen-bond acceptors (Lipinski definition) is 5. The number of benzene rings is 2. The van der Waals surface area contributed by atoms with Gasteiger partial charge in [-0.3, -0.25) is 14.4 Å². The first kappa shape index (κ1) is 28.6. The van der Waals surface area contributed by atoms with Crippen molar-refractivity contribution in [3.8, 4) is 0 Å². The van der Waals surface area contributed by atoms with Crippen LogP contribution in [0, 0.1) is 11.6 Å². The summed E-state index contributed by atoms with van der Waals surface area (Å²) in [7, 11) is -5.81. The van der Waals surface area contributed by atoms with Crippen molar-refractivity contribution in [3.63, 3.8) is 0 Å². The second-order valence-electron chi connectivity index (χ2n) is 10.4. The Balaban J connectivity index is 1.98. The van der Waals surface area contributed by atoms with E-state index in [9.17, 15) is 31.6 Å². The largest absolute Gasteiger partial charge is 0.481 e. The van der Waals surface area contributed by atoms with E-state index in [4.69, 9.17) is 5.11 Å². The number of Topliss-reactive ketones (excluding diaryl/α,β-unsaturated/α-hetero) is 1. The number of fused-ring (bicyclic) bond motifs is 1. The highest BCUT2D eigenvalue weighted by Gasteiger charge is 2.36. The predicted octanol–water partition coefficient (Wildman–Crippen LogP) is 3.41. The van der Waals surface area contributed by atoms with Gasteiger partial charge in [-0.15, -0.1) is 0 Å². The highest BCUT2D eigenvalue weighted by atomic mass is 32.2. The Morgan fingerprint density at radius 2 is 1.68 bits per heavy atom. The molecule has 37 heavy (non-hydrogen) atoms. The van der Waals surface area contributed by atoms with Crippen LogP contribution in [0.15, 0.2) is 35.2 Å². The van der Waals surface area contributed by atoms with E-state index in [1.165, 1.54) is 23.1 Å². The van der Waals surface area contributed by atoms with Gasteiger partial charge < -0.3 is 10.0 Å². The molecule has 1 N–H and O–H groups in total. The molecule has 0 bridgehead atoms. The van der Waals surface area contributed by atoms with Crippen molar-refractivity contribution in [1.29, 1.82) is 0 Å². The van der Waals surface area contributed by atoms with E-state index in [-0.39, 0.29) is 47.9 Å². The number of amides is 1. The van der Waals surface area contributed by atoms with Gasteiger partial charge in [0.15, 0.2) is 15.6 Å². The fourth-order valence-electron chi connectivity index (χ4n) is 4.73. The predicted molar refractivity (Wildman–Crippen MR) is 137 cm³/mol. The molecular weight excluding hydrogens is 520 g/mol. The van der Waals surface area contributed by atoms with Gasteiger partial charge in [-0.25, -0.2) is 17.2 Å². The molecular formula is C26H31F2NO6SSi. The molecule has 0 spiro atoms. The lowest BCUT2D eigenvalue weighted by Gasteiger charge is -2.37. The lowest BCUT2D eigenvalue weighted by molar-refractivity contribution is -0.141. The second kappa shape index (κ2) is 10.8. The molecule has 1 aliphatic heterocycles. The van der Waals surface area contributed by atoms with Gasteiger partial charge in [-0.1, -0.05) is 25.7 Å². The minimum Gasteiger partial charge on any atom is -0.481 e. The van der Waals surface area contributed by atoms with Crippen molar-refractivity contribution in [2.24, 2.45) is 0 Å². The van der Waals surface area contributed by atoms with Gasteiger partial charge in [-0.2, -0.15) is 0 Å². The molecule has 11 heteroatoms. The van der Waals surface area contributed by atoms with Gasteiger partial charge in [-0.05, 0) is 53.8 Å². The summed E-state index contributed by atoms with van der Waals surface area (Å²) in [6.07, 6.45) is 0.860. The maximum atomic E-state index is 14.8. The van der Waals surface area contributed by atoms with Crippen molar-refractivity contribution < 1.29 is 36.7 Å². The quantitative estimate of drug-likeness (QED) is 0.479. The fraction of sp³-hybridized carbons (Fsp3) is 0.423. The van der Waals surface area contributed by atoms with Crippen molar-refractivity contribution in [1.82, 2.24) is 4.90 Å². The summed E-state index contributed by atoms with van der Waals surface area (Å²) >= 11 is 0. The first-order chi connectivity index (χ1) is 17.1. The number of hydrogen-bond donors (Lipinski definition) is 1. The van der Waals surface area contributed by atoms with Gasteiger partial charge in [0.2, 0.25) is 5.91 Å². The Morgan fingerprint density at radius 3 is 2.22 bits per heavy atom. The van der Waals surface area contributed by atoms with E-state index in [1.54, 1.807) is 0 Å². The number of sulfone groups is 1. The molecule has 0 unspecified atom stereocenters. The number of rotatable bonds is 9. The van der Waals surface area contributed by atoms with Crippen LogP contribution in [-0.4, -0.2) is 57.0 Å². The topological polar surface area (TPSA) is 109 Å². The molecule has 2 aromatic rings. The Hall–Kier alpha value is -2.92. The van der Waals surface area contributed by atoms with Crippen LogP contribution in [0.25, 0.3) is 0 Å². The van der Waals surface area contributed by atoms with Crippen LogP contribution in [0.2, 0.25) is 19.6 Å². The van der Waals surface area contributed by atoms with Crippen molar-refractivity contribution in [2.45, 2.75) is 62.7 Å². The smallest absolute Gasteiger partial charge is 0.303 e. The maximum Gasteiger partial charge on any atom is 0.303 e. The van der Waals surface area contributed by atoms with Crippen LogP contribution >= 0.6 is 0 Å². The van der Waals surface area contributed by atoms with Crippen molar-refractivity contribution >= 4 is 40.8 Å². The molecule has 0 fully saturated rings. The molecule has 0 saturated heterocycles. The molecule has 1 atom stereocenters. The molecule has 7 nitrogen and oxygen atoms in total. The number of nitrogens with zero attached hydrogens (tertiary/aromatic N) is 1. The lowest BCUT2D eigenvalue weighted by atomic mass is 9.87. The molecule has 0 aliphatic carbocycles. The average Bonchev–Trinajstić information content (AvgIpc) is 2.75. The third kappa shape index (κ3) is 6.69. The summed E-state index contributed by atoms with van der Waals surface area (Å²) in [6.45, 7) is 5.57. The van der Waals surface area contributed by atoms with E-state index in [2.05, 4.69) is 0 Å². The molecule has 3 rings (SSSR count). The van der Waals surface area contributed by atoms with Crippen LogP contribution in [0.4, 0.5) is 8.78 Å². The Labute approximate surface area is 216 Å². The number of carbonyl (C=O) groups excluding carboxylic acids is 2. The maximum absolute atomic E-state index is 14.8. The van der Waals surface area contributed by atoms with Gasteiger partial charge in [0.1, 0.15) is 17.7 Å². The SMILES string of the molecule is C[Si](C)(C)c1c(F)cc(CC(=O)[C@H]2c3ccc(S(C)(=O)=O)cc3CCN2C(=O)CCCC(=O)O)cc1F. The van der Waals surface area contributed by atoms with E-state index in [1.807, 2.05) is 19.6 Å². The van der Waals surface area contributed by atoms with E-state index in [0.29, 0.717) is 17.5 Å². The van der Waals surface area contributed by atoms with E-state index in [0.717, 1.165) is 18.4 Å². The summed E-state index contributed by atoms with van der Waals surface area (Å²) < 4.78 is 53.7. The standard InChI is InChI=1S/C26H31F2NO6SSi/c1-36(34,35)18-8-9-19-17(15-18)10-11-29(23(31)6-5-7-24(32)33)25(19)22(30)14-16-12-20(27)26(21(28)13-16)37(2,3)4/h8-9,12-13,15,25H,5-7,10-11,14H2,1-4H3,(H,32,33)/t25-/m1/s1. The van der Waals surface area contributed by atoms with Crippen LogP contribution in [0.1, 0.15) is 42.0 Å². The molecule has 200 valence electrons. The molecule has 0 radical (unpaired) electrons. The molecule has 1 amide bonds. The Bertz CT molecular complexity index is 1330. The number of aliphatic carboxylic acids is 1. The number of carboxylic acids is 1. The Kier molecular flexibility index (Phi) is 8.38. The first-order valence-corrected chi connectivity index (χ1v) is 17.3. The van der Waals surface area contributed by atoms with Crippen molar-refractivity contribution in [2.75, 3.05) is 12.8 Å². The van der Waals surface area contributed by atoms with Gasteiger partial charge in [0.25, 0.3) is 0 Å². The summed E-state index contributed by atoms with van der Waals surface area (Å²) in [5, 5.41) is 8.94. The lowest BCUT2D eigenvalue weighted by Crippen LogP contribution is -2.44. The van der Waals surface area contributed by atoms with Crippen LogP contribution < -0.4 is 5.19 Å². The average molecular weight is 552 g/mol. The number of carboxylic acid groups (broad SMARTS) is 1. The zero-order valence-corrected chi connectivity index (χ0v) is 23.1. The number of halogens is 2. The monoisotopic (exact) mass is 551 g/mol. The summed E-state index contributed by atoms with van der Waals surface area (Å²) in [5.41, 5.74) is 1.19. The molecule has 0 aromatic heterocycles. The molecule has 2 aromatic carbocycles. The highest BCUT2D eigenvalue weighted by molar-refractivity contribution is 7.90. The summed E-state index contributed by atoms with van der Waals surface area (Å²) in [4.78, 5) is 38.9. The van der Waals surface area contributed by atoms with Gasteiger partial charge in [0, 0.05) is 37.2 Å². The van der Waals surface area contributed by atoms with Crippen LogP contribution in [0.5, 0.6) is 0 Å². The van der Waals surface area contributed by atoms with Gasteiger partial charge >= 0.3 is 5.97 Å². The third-order valence-electron chi connectivity index (χ3n) is 6.41. The highest BCUT2D eigenvalue weighted by Crippen LogP contribution is 2.34. The molecule has 1 heterocycles. The fourth-order valence-corrected chi connectivity index (χ4v) is 6.98. The zero-order chi connectivity index (χ0) is 27.7. The van der Waals surface area contributed by atoms with Gasteiger partial charge in [0.05, 0.1) is 13.0 Å². The summed E-state index contributed by atoms with van der Waals surface area (Å²) in [5.74, 6) is -3.33. The first-order valence-electron chi connectivity index (χ1n) is 11.9. The van der Waals surface area contributed by atoms with E-state index < -0.39 is 53.2 Å². The molecule has 1 aliphatic rings. The van der Waals surface area contributed by atoms with Crippen LogP contribution in [0.3, 0.4) is 0 Å². The third-order valence-corrected chi connectivity index (χ3v) is 9.50. The minimum atomic E-state index is -3.50. The zero-order valence-electron chi connectivity index (χ0n) is 21.3. The summed E-state index contributed by atoms with van der Waals surface area (Å²) in [6, 6.07) is 5.58. The number of carbonyl (C=O) groups is 3. The Morgan fingerprint density at radius 1 is 1.05 bits per heavy atom. The van der Waals surface area contributed by atoms with Crippen molar-refractivity contribution in [3.05, 3.63) is 58.7 Å². The second-order valence-corrected chi connectivity index (χ2v) is 17.5. The normalized spacial score (nSPS) is 15.8. The number of ketones is 1. The van der Waals surface area contributed by atoms with Crippen LogP contribution in [-0.2, 0) is 37.1 Å².